The Morgan fingerprint density at radius 3 is 2.56 bits per heavy atom. The summed E-state index contributed by atoms with van der Waals surface area (Å²) in [5.41, 5.74) is -0.159. The summed E-state index contributed by atoms with van der Waals surface area (Å²) in [6.45, 7) is 0. The molecule has 0 aliphatic rings. The van der Waals surface area contributed by atoms with Crippen LogP contribution in [0.1, 0.15) is 11.7 Å². The molecular weight excluding hydrogens is 222 g/mol. The predicted molar refractivity (Wildman–Crippen MR) is 50.4 cm³/mol. The molecule has 0 saturated heterocycles. The van der Waals surface area contributed by atoms with Crippen molar-refractivity contribution in [2.45, 2.75) is 12.3 Å². The molecule has 2 N–H and O–H groups in total. The van der Waals surface area contributed by atoms with Crippen molar-refractivity contribution in [2.75, 3.05) is 7.11 Å². The number of ether oxygens (including phenoxy) is 1. The molecule has 0 fully saturated rings. The van der Waals surface area contributed by atoms with Crippen molar-refractivity contribution in [3.05, 3.63) is 29.6 Å². The first-order chi connectivity index (χ1) is 7.47. The van der Waals surface area contributed by atoms with Gasteiger partial charge in [-0.25, -0.2) is 13.6 Å². The number of benzene rings is 1. The van der Waals surface area contributed by atoms with Crippen molar-refractivity contribution < 1.29 is 28.5 Å². The summed E-state index contributed by atoms with van der Waals surface area (Å²) in [5.74, 6) is -2.66. The van der Waals surface area contributed by atoms with Gasteiger partial charge in [0.15, 0.2) is 11.6 Å². The first kappa shape index (κ1) is 12.4. The molecule has 88 valence electrons. The van der Waals surface area contributed by atoms with Gasteiger partial charge >= 0.3 is 5.97 Å². The highest BCUT2D eigenvalue weighted by Gasteiger charge is 2.27. The second-order valence-electron chi connectivity index (χ2n) is 3.08. The lowest BCUT2D eigenvalue weighted by molar-refractivity contribution is -0.147. The van der Waals surface area contributed by atoms with E-state index in [0.29, 0.717) is 0 Å². The van der Waals surface area contributed by atoms with Gasteiger partial charge in [0.2, 0.25) is 6.17 Å². The van der Waals surface area contributed by atoms with Gasteiger partial charge in [0, 0.05) is 0 Å². The van der Waals surface area contributed by atoms with Gasteiger partial charge in [0.05, 0.1) is 7.11 Å². The smallest absolute Gasteiger partial charge is 0.341 e. The molecule has 2 unspecified atom stereocenters. The average molecular weight is 232 g/mol. The molecular formula is C10H10F2O4. The van der Waals surface area contributed by atoms with Gasteiger partial charge in [-0.05, 0) is 17.7 Å². The van der Waals surface area contributed by atoms with Gasteiger partial charge in [-0.2, -0.15) is 0 Å². The molecule has 0 radical (unpaired) electrons. The lowest BCUT2D eigenvalue weighted by Gasteiger charge is -2.13. The van der Waals surface area contributed by atoms with Crippen LogP contribution in [0.3, 0.4) is 0 Å². The molecule has 4 nitrogen and oxygen atoms in total. The molecule has 0 spiro atoms. The zero-order valence-electron chi connectivity index (χ0n) is 8.35. The van der Waals surface area contributed by atoms with E-state index in [1.165, 1.54) is 19.2 Å². The molecule has 0 aliphatic heterocycles. The molecule has 2 atom stereocenters. The molecule has 1 aromatic rings. The van der Waals surface area contributed by atoms with E-state index >= 15 is 0 Å². The van der Waals surface area contributed by atoms with Gasteiger partial charge in [-0.15, -0.1) is 0 Å². The zero-order chi connectivity index (χ0) is 12.3. The number of methoxy groups -OCH3 is 1. The van der Waals surface area contributed by atoms with Crippen LogP contribution in [0, 0.1) is 5.82 Å². The molecule has 0 aliphatic carbocycles. The van der Waals surface area contributed by atoms with Gasteiger partial charge < -0.3 is 14.9 Å². The van der Waals surface area contributed by atoms with Crippen LogP contribution < -0.4 is 4.74 Å². The molecule has 16 heavy (non-hydrogen) atoms. The Hall–Kier alpha value is -1.69. The molecule has 6 heteroatoms. The summed E-state index contributed by atoms with van der Waals surface area (Å²) >= 11 is 0. The Kier molecular flexibility index (Phi) is 3.78. The molecule has 1 rings (SSSR count). The lowest BCUT2D eigenvalue weighted by Crippen LogP contribution is -2.23. The molecule has 0 amide bonds. The van der Waals surface area contributed by atoms with Crippen molar-refractivity contribution in [2.24, 2.45) is 0 Å². The first-order valence-electron chi connectivity index (χ1n) is 4.35. The second kappa shape index (κ2) is 4.89. The Morgan fingerprint density at radius 2 is 2.12 bits per heavy atom. The number of hydrogen-bond donors (Lipinski definition) is 2. The van der Waals surface area contributed by atoms with E-state index in [0.717, 1.165) is 6.07 Å². The summed E-state index contributed by atoms with van der Waals surface area (Å²) < 4.78 is 30.7. The number of rotatable bonds is 4. The van der Waals surface area contributed by atoms with Crippen molar-refractivity contribution in [3.8, 4) is 5.75 Å². The van der Waals surface area contributed by atoms with Crippen LogP contribution in [0.2, 0.25) is 0 Å². The largest absolute Gasteiger partial charge is 0.494 e. The van der Waals surface area contributed by atoms with Crippen LogP contribution in [-0.4, -0.2) is 29.5 Å². The third-order valence-electron chi connectivity index (χ3n) is 2.03. The van der Waals surface area contributed by atoms with Crippen molar-refractivity contribution in [1.29, 1.82) is 0 Å². The normalized spacial score (nSPS) is 14.2. The van der Waals surface area contributed by atoms with Crippen LogP contribution in [-0.2, 0) is 4.79 Å². The van der Waals surface area contributed by atoms with Gasteiger partial charge in [0.25, 0.3) is 0 Å². The fourth-order valence-electron chi connectivity index (χ4n) is 1.17. The van der Waals surface area contributed by atoms with Crippen LogP contribution in [0.4, 0.5) is 8.78 Å². The van der Waals surface area contributed by atoms with Crippen molar-refractivity contribution >= 4 is 5.97 Å². The third kappa shape index (κ3) is 2.46. The summed E-state index contributed by atoms with van der Waals surface area (Å²) in [4.78, 5) is 10.3. The van der Waals surface area contributed by atoms with E-state index in [1.807, 2.05) is 0 Å². The van der Waals surface area contributed by atoms with Crippen LogP contribution in [0.15, 0.2) is 18.2 Å². The SMILES string of the molecule is COc1ccc(C(O)C(F)C(=O)O)cc1F. The number of halogens is 2. The standard InChI is InChI=1S/C10H10F2O4/c1-16-7-3-2-5(4-6(7)11)9(13)8(12)10(14)15/h2-4,8-9,13H,1H3,(H,14,15). The summed E-state index contributed by atoms with van der Waals surface area (Å²) in [7, 11) is 1.25. The topological polar surface area (TPSA) is 66.8 Å². The summed E-state index contributed by atoms with van der Waals surface area (Å²) in [6, 6.07) is 3.21. The van der Waals surface area contributed by atoms with E-state index < -0.39 is 24.1 Å². The molecule has 0 bridgehead atoms. The first-order valence-corrected chi connectivity index (χ1v) is 4.35. The van der Waals surface area contributed by atoms with E-state index in [9.17, 15) is 18.7 Å². The monoisotopic (exact) mass is 232 g/mol. The number of alkyl halides is 1. The maximum atomic E-state index is 13.2. The summed E-state index contributed by atoms with van der Waals surface area (Å²) in [6.07, 6.45) is -4.40. The number of carbonyl (C=O) groups is 1. The number of aliphatic carboxylic acids is 1. The fourth-order valence-corrected chi connectivity index (χ4v) is 1.17. The highest BCUT2D eigenvalue weighted by molar-refractivity contribution is 5.73. The van der Waals surface area contributed by atoms with E-state index in [4.69, 9.17) is 5.11 Å². The zero-order valence-corrected chi connectivity index (χ0v) is 8.35. The quantitative estimate of drug-likeness (QED) is 0.820. The molecule has 0 saturated carbocycles. The van der Waals surface area contributed by atoms with Crippen LogP contribution in [0.5, 0.6) is 5.75 Å². The number of aliphatic hydroxyl groups excluding tert-OH is 1. The Labute approximate surface area is 90.1 Å². The minimum atomic E-state index is -2.49. The number of carboxylic acid groups (broad SMARTS) is 1. The molecule has 1 aromatic carbocycles. The Balaban J connectivity index is 2.97. The molecule has 0 aromatic heterocycles. The Morgan fingerprint density at radius 1 is 1.50 bits per heavy atom. The van der Waals surface area contributed by atoms with Crippen molar-refractivity contribution in [3.63, 3.8) is 0 Å². The molecule has 0 heterocycles. The van der Waals surface area contributed by atoms with E-state index in [1.54, 1.807) is 0 Å². The predicted octanol–water partition coefficient (Wildman–Crippen LogP) is 1.29. The third-order valence-corrected chi connectivity index (χ3v) is 2.03. The maximum absolute atomic E-state index is 13.2. The van der Waals surface area contributed by atoms with Crippen LogP contribution >= 0.6 is 0 Å². The number of carboxylic acids is 1. The average Bonchev–Trinajstić information content (AvgIpc) is 2.26. The minimum Gasteiger partial charge on any atom is -0.494 e. The van der Waals surface area contributed by atoms with Crippen molar-refractivity contribution in [1.82, 2.24) is 0 Å². The minimum absolute atomic E-state index is 0.0679. The van der Waals surface area contributed by atoms with Gasteiger partial charge in [-0.3, -0.25) is 0 Å². The Bertz CT molecular complexity index is 394. The van der Waals surface area contributed by atoms with Crippen LogP contribution in [0.25, 0.3) is 0 Å². The van der Waals surface area contributed by atoms with E-state index in [-0.39, 0.29) is 11.3 Å². The fraction of sp³-hybridized carbons (Fsp3) is 0.300. The van der Waals surface area contributed by atoms with Gasteiger partial charge in [-0.1, -0.05) is 6.07 Å². The maximum Gasteiger partial charge on any atom is 0.341 e. The highest BCUT2D eigenvalue weighted by Crippen LogP contribution is 2.24. The lowest BCUT2D eigenvalue weighted by atomic mass is 10.1. The highest BCUT2D eigenvalue weighted by atomic mass is 19.1. The second-order valence-corrected chi connectivity index (χ2v) is 3.08. The van der Waals surface area contributed by atoms with E-state index in [2.05, 4.69) is 4.74 Å². The van der Waals surface area contributed by atoms with Gasteiger partial charge in [0.1, 0.15) is 6.10 Å². The number of hydrogen-bond acceptors (Lipinski definition) is 3. The summed E-state index contributed by atoms with van der Waals surface area (Å²) in [5, 5.41) is 17.6. The number of aliphatic hydroxyl groups is 1.